The Kier molecular flexibility index (Phi) is 5.19. The molecule has 10 heteroatoms. The quantitative estimate of drug-likeness (QED) is 0.663. The lowest BCUT2D eigenvalue weighted by Crippen LogP contribution is -2.28. The van der Waals surface area contributed by atoms with Crippen molar-refractivity contribution in [2.75, 3.05) is 5.32 Å². The SMILES string of the molecule is Cc1cc(C(N)=O)c(F)cc1Nc1ncc2c(n1)n([C@H]1CC[C@H](C#N)CC1)c(=O)n2C. The van der Waals surface area contributed by atoms with Crippen LogP contribution < -0.4 is 16.7 Å². The van der Waals surface area contributed by atoms with Gasteiger partial charge in [0, 0.05) is 24.7 Å². The van der Waals surface area contributed by atoms with Gasteiger partial charge in [0.1, 0.15) is 11.3 Å². The molecule has 1 aliphatic carbocycles. The number of nitrogens with zero attached hydrogens (tertiary/aromatic N) is 5. The van der Waals surface area contributed by atoms with Gasteiger partial charge in [-0.2, -0.15) is 10.2 Å². The van der Waals surface area contributed by atoms with Crippen molar-refractivity contribution in [3.05, 3.63) is 45.8 Å². The van der Waals surface area contributed by atoms with Gasteiger partial charge in [0.2, 0.25) is 5.95 Å². The molecule has 0 bridgehead atoms. The van der Waals surface area contributed by atoms with Crippen LogP contribution in [0.2, 0.25) is 0 Å². The molecule has 1 saturated carbocycles. The summed E-state index contributed by atoms with van der Waals surface area (Å²) in [7, 11) is 1.67. The minimum absolute atomic E-state index is 0.0232. The third-order valence-electron chi connectivity index (χ3n) is 5.90. The lowest BCUT2D eigenvalue weighted by atomic mass is 9.87. The van der Waals surface area contributed by atoms with Crippen molar-refractivity contribution < 1.29 is 9.18 Å². The van der Waals surface area contributed by atoms with E-state index in [2.05, 4.69) is 21.4 Å². The summed E-state index contributed by atoms with van der Waals surface area (Å²) in [5.41, 5.74) is 6.88. The molecule has 1 aliphatic rings. The van der Waals surface area contributed by atoms with Gasteiger partial charge in [0.05, 0.1) is 17.8 Å². The molecule has 0 spiro atoms. The summed E-state index contributed by atoms with van der Waals surface area (Å²) in [6.45, 7) is 1.71. The van der Waals surface area contributed by atoms with Crippen molar-refractivity contribution >= 4 is 28.7 Å². The van der Waals surface area contributed by atoms with Gasteiger partial charge in [0.25, 0.3) is 5.91 Å². The Balaban J connectivity index is 1.72. The van der Waals surface area contributed by atoms with Crippen LogP contribution in [0.5, 0.6) is 0 Å². The maximum atomic E-state index is 14.2. The number of primary amides is 1. The average molecular weight is 423 g/mol. The number of anilines is 2. The molecule has 31 heavy (non-hydrogen) atoms. The molecule has 1 amide bonds. The molecule has 4 rings (SSSR count). The van der Waals surface area contributed by atoms with E-state index in [0.717, 1.165) is 25.7 Å². The largest absolute Gasteiger partial charge is 0.366 e. The molecule has 3 aromatic rings. The fourth-order valence-electron chi connectivity index (χ4n) is 4.11. The zero-order valence-electron chi connectivity index (χ0n) is 17.2. The fraction of sp³-hybridized carbons (Fsp3) is 0.381. The molecule has 0 radical (unpaired) electrons. The number of hydrogen-bond acceptors (Lipinski definition) is 6. The Bertz CT molecular complexity index is 1280. The first-order valence-electron chi connectivity index (χ1n) is 10.0. The summed E-state index contributed by atoms with van der Waals surface area (Å²) in [6.07, 6.45) is 4.48. The Labute approximate surface area is 177 Å². The number of nitriles is 1. The maximum absolute atomic E-state index is 14.2. The molecule has 0 unspecified atom stereocenters. The highest BCUT2D eigenvalue weighted by Crippen LogP contribution is 2.33. The van der Waals surface area contributed by atoms with Crippen LogP contribution in [0.25, 0.3) is 11.2 Å². The summed E-state index contributed by atoms with van der Waals surface area (Å²) in [6, 6.07) is 4.79. The number of carbonyl (C=O) groups excluding carboxylic acids is 1. The number of nitrogens with two attached hydrogens (primary N) is 1. The number of nitrogens with one attached hydrogen (secondary N) is 1. The van der Waals surface area contributed by atoms with E-state index in [-0.39, 0.29) is 29.2 Å². The molecule has 0 atom stereocenters. The van der Waals surface area contributed by atoms with Gasteiger partial charge in [-0.1, -0.05) is 0 Å². The average Bonchev–Trinajstić information content (AvgIpc) is 3.00. The van der Waals surface area contributed by atoms with Gasteiger partial charge in [-0.25, -0.2) is 14.2 Å². The molecular formula is C21H22FN7O2. The highest BCUT2D eigenvalue weighted by atomic mass is 19.1. The summed E-state index contributed by atoms with van der Waals surface area (Å²) in [5.74, 6) is -1.36. The van der Waals surface area contributed by atoms with E-state index >= 15 is 0 Å². The number of imidazole rings is 1. The van der Waals surface area contributed by atoms with Gasteiger partial charge in [0.15, 0.2) is 5.65 Å². The molecule has 2 heterocycles. The number of fused-ring (bicyclic) bond motifs is 1. The summed E-state index contributed by atoms with van der Waals surface area (Å²) in [4.78, 5) is 33.0. The molecule has 1 aromatic carbocycles. The van der Waals surface area contributed by atoms with Crippen LogP contribution in [0.4, 0.5) is 16.0 Å². The Hall–Kier alpha value is -3.74. The lowest BCUT2D eigenvalue weighted by Gasteiger charge is -2.25. The number of benzene rings is 1. The van der Waals surface area contributed by atoms with E-state index < -0.39 is 11.7 Å². The summed E-state index contributed by atoms with van der Waals surface area (Å²) >= 11 is 0. The summed E-state index contributed by atoms with van der Waals surface area (Å²) < 4.78 is 17.4. The number of amides is 1. The first-order chi connectivity index (χ1) is 14.8. The second kappa shape index (κ2) is 7.83. The smallest absolute Gasteiger partial charge is 0.330 e. The molecule has 1 fully saturated rings. The van der Waals surface area contributed by atoms with Gasteiger partial charge in [-0.3, -0.25) is 13.9 Å². The number of rotatable bonds is 4. The zero-order chi connectivity index (χ0) is 22.3. The van der Waals surface area contributed by atoms with E-state index in [9.17, 15) is 14.0 Å². The van der Waals surface area contributed by atoms with E-state index in [4.69, 9.17) is 11.0 Å². The van der Waals surface area contributed by atoms with Crippen molar-refractivity contribution in [2.24, 2.45) is 18.7 Å². The predicted octanol–water partition coefficient (Wildman–Crippen LogP) is 2.67. The number of aromatic nitrogens is 4. The van der Waals surface area contributed by atoms with Crippen LogP contribution in [0.3, 0.4) is 0 Å². The van der Waals surface area contributed by atoms with Crippen LogP contribution in [0.1, 0.15) is 47.6 Å². The number of carbonyl (C=O) groups is 1. The van der Waals surface area contributed by atoms with Crippen molar-refractivity contribution in [1.29, 1.82) is 5.26 Å². The Morgan fingerprint density at radius 1 is 1.32 bits per heavy atom. The van der Waals surface area contributed by atoms with Gasteiger partial charge in [-0.05, 0) is 50.3 Å². The highest BCUT2D eigenvalue weighted by Gasteiger charge is 2.26. The van der Waals surface area contributed by atoms with Crippen LogP contribution in [0.15, 0.2) is 23.1 Å². The second-order valence-corrected chi connectivity index (χ2v) is 7.88. The minimum Gasteiger partial charge on any atom is -0.366 e. The second-order valence-electron chi connectivity index (χ2n) is 7.88. The first-order valence-corrected chi connectivity index (χ1v) is 10.0. The van der Waals surface area contributed by atoms with Crippen molar-refractivity contribution in [3.63, 3.8) is 0 Å². The Morgan fingerprint density at radius 3 is 2.68 bits per heavy atom. The van der Waals surface area contributed by atoms with Crippen LogP contribution in [-0.4, -0.2) is 25.0 Å². The third kappa shape index (κ3) is 3.63. The molecule has 2 aromatic heterocycles. The number of aryl methyl sites for hydroxylation is 2. The molecular weight excluding hydrogens is 401 g/mol. The van der Waals surface area contributed by atoms with Crippen LogP contribution >= 0.6 is 0 Å². The predicted molar refractivity (Wildman–Crippen MR) is 112 cm³/mol. The fourth-order valence-corrected chi connectivity index (χ4v) is 4.11. The molecule has 0 saturated heterocycles. The van der Waals surface area contributed by atoms with E-state index in [1.165, 1.54) is 16.7 Å². The van der Waals surface area contributed by atoms with Crippen LogP contribution in [-0.2, 0) is 7.05 Å². The molecule has 9 nitrogen and oxygen atoms in total. The van der Waals surface area contributed by atoms with E-state index in [1.54, 1.807) is 24.7 Å². The van der Waals surface area contributed by atoms with Gasteiger partial charge < -0.3 is 11.1 Å². The van der Waals surface area contributed by atoms with Crippen molar-refractivity contribution in [3.8, 4) is 6.07 Å². The minimum atomic E-state index is -0.843. The van der Waals surface area contributed by atoms with Gasteiger partial charge in [-0.15, -0.1) is 0 Å². The van der Waals surface area contributed by atoms with Crippen molar-refractivity contribution in [2.45, 2.75) is 38.6 Å². The molecule has 0 aliphatic heterocycles. The normalized spacial score (nSPS) is 18.6. The standard InChI is InChI=1S/C21H22FN7O2/c1-11-7-14(18(24)30)15(22)8-16(11)26-20-25-10-17-19(27-20)29(21(31)28(17)2)13-5-3-12(9-23)4-6-13/h7-8,10,12-13H,3-6H2,1-2H3,(H2,24,30)(H,25,26,27)/t12-,13-. The maximum Gasteiger partial charge on any atom is 0.330 e. The lowest BCUT2D eigenvalue weighted by molar-refractivity contribution is 0.0996. The molecule has 3 N–H and O–H groups in total. The summed E-state index contributed by atoms with van der Waals surface area (Å²) in [5, 5.41) is 12.1. The van der Waals surface area contributed by atoms with Gasteiger partial charge >= 0.3 is 5.69 Å². The Morgan fingerprint density at radius 2 is 2.03 bits per heavy atom. The van der Waals surface area contributed by atoms with Crippen molar-refractivity contribution in [1.82, 2.24) is 19.1 Å². The number of halogens is 1. The number of hydrogen-bond donors (Lipinski definition) is 2. The topological polar surface area (TPSA) is 132 Å². The molecule has 160 valence electrons. The van der Waals surface area contributed by atoms with Crippen LogP contribution in [0, 0.1) is 30.0 Å². The first kappa shape index (κ1) is 20.5. The highest BCUT2D eigenvalue weighted by molar-refractivity contribution is 5.94. The third-order valence-corrected chi connectivity index (χ3v) is 5.90. The van der Waals surface area contributed by atoms with E-state index in [0.29, 0.717) is 22.4 Å². The monoisotopic (exact) mass is 423 g/mol. The zero-order valence-corrected chi connectivity index (χ0v) is 17.2. The van der Waals surface area contributed by atoms with E-state index in [1.807, 2.05) is 0 Å².